The highest BCUT2D eigenvalue weighted by molar-refractivity contribution is 9.08. The van der Waals surface area contributed by atoms with Crippen molar-refractivity contribution in [3.63, 3.8) is 0 Å². The molecule has 1 aromatic carbocycles. The summed E-state index contributed by atoms with van der Waals surface area (Å²) in [5.74, 6) is 0.649. The van der Waals surface area contributed by atoms with Gasteiger partial charge in [-0.3, -0.25) is 9.48 Å². The van der Waals surface area contributed by atoms with Crippen molar-refractivity contribution in [2.75, 3.05) is 0 Å². The zero-order valence-electron chi connectivity index (χ0n) is 16.0. The van der Waals surface area contributed by atoms with Crippen LogP contribution in [0.1, 0.15) is 45.2 Å². The first-order valence-electron chi connectivity index (χ1n) is 9.40. The van der Waals surface area contributed by atoms with Crippen LogP contribution < -0.4 is 4.74 Å². The van der Waals surface area contributed by atoms with Gasteiger partial charge in [-0.15, -0.1) is 5.10 Å². The number of carbonyl (C=O) groups is 1. The van der Waals surface area contributed by atoms with Crippen LogP contribution in [0.4, 0.5) is 0 Å². The molecule has 2 aromatic rings. The predicted octanol–water partition coefficient (Wildman–Crippen LogP) is 4.27. The Hall–Kier alpha value is -1.89. The van der Waals surface area contributed by atoms with E-state index in [4.69, 9.17) is 9.47 Å². The van der Waals surface area contributed by atoms with Gasteiger partial charge < -0.3 is 9.47 Å². The maximum Gasteiger partial charge on any atom is 0.309 e. The quantitative estimate of drug-likeness (QED) is 0.500. The molecule has 0 radical (unpaired) electrons. The maximum absolute atomic E-state index is 12.2. The van der Waals surface area contributed by atoms with Crippen molar-refractivity contribution in [1.29, 1.82) is 0 Å². The fraction of sp³-hybridized carbons (Fsp3) is 0.550. The van der Waals surface area contributed by atoms with E-state index in [1.807, 2.05) is 45.2 Å². The summed E-state index contributed by atoms with van der Waals surface area (Å²) >= 11 is 3.48. The van der Waals surface area contributed by atoms with E-state index in [9.17, 15) is 4.79 Å². The average Bonchev–Trinajstić information content (AvgIpc) is 3.02. The number of nitrogens with zero attached hydrogens (tertiary/aromatic N) is 3. The fourth-order valence-corrected chi connectivity index (χ4v) is 4.06. The van der Waals surface area contributed by atoms with Gasteiger partial charge in [0.2, 0.25) is 0 Å². The predicted molar refractivity (Wildman–Crippen MR) is 107 cm³/mol. The van der Waals surface area contributed by atoms with Crippen molar-refractivity contribution in [2.45, 2.75) is 57.1 Å². The summed E-state index contributed by atoms with van der Waals surface area (Å²) in [5, 5.41) is 9.03. The van der Waals surface area contributed by atoms with Crippen LogP contribution in [0.5, 0.6) is 5.75 Å². The fourth-order valence-electron chi connectivity index (χ4n) is 3.43. The normalized spacial score (nSPS) is 19.9. The minimum absolute atomic E-state index is 0.0453. The molecule has 0 spiro atoms. The van der Waals surface area contributed by atoms with Crippen LogP contribution in [-0.2, 0) is 21.9 Å². The molecule has 0 amide bonds. The van der Waals surface area contributed by atoms with Crippen LogP contribution in [0.25, 0.3) is 11.3 Å². The highest BCUT2D eigenvalue weighted by Crippen LogP contribution is 2.30. The van der Waals surface area contributed by atoms with Gasteiger partial charge in [-0.05, 0) is 63.8 Å². The minimum Gasteiger partial charge on any atom is -0.490 e. The second kappa shape index (κ2) is 8.87. The third-order valence-electron chi connectivity index (χ3n) is 4.81. The zero-order chi connectivity index (χ0) is 19.4. The SMILES string of the molecule is CC(C)OC(=O)[C@@H]1CCC[C@@H](Oc2ccc(-c3nnn(C)c3CBr)cc2)C1. The molecule has 27 heavy (non-hydrogen) atoms. The van der Waals surface area contributed by atoms with Gasteiger partial charge in [0, 0.05) is 17.9 Å². The Balaban J connectivity index is 1.63. The Bertz CT molecular complexity index is 773. The largest absolute Gasteiger partial charge is 0.490 e. The lowest BCUT2D eigenvalue weighted by Crippen LogP contribution is -2.31. The molecule has 1 aliphatic rings. The number of esters is 1. The monoisotopic (exact) mass is 435 g/mol. The summed E-state index contributed by atoms with van der Waals surface area (Å²) in [4.78, 5) is 12.2. The number of aryl methyl sites for hydroxylation is 1. The van der Waals surface area contributed by atoms with Gasteiger partial charge in [0.05, 0.1) is 23.8 Å². The van der Waals surface area contributed by atoms with Gasteiger partial charge in [-0.2, -0.15) is 0 Å². The molecule has 0 aliphatic heterocycles. The molecule has 1 saturated carbocycles. The lowest BCUT2D eigenvalue weighted by Gasteiger charge is -2.29. The van der Waals surface area contributed by atoms with Gasteiger partial charge in [-0.1, -0.05) is 21.1 Å². The standard InChI is InChI=1S/C20H26BrN3O3/c1-13(2)26-20(25)15-5-4-6-17(11-15)27-16-9-7-14(8-10-16)19-18(12-21)24(3)23-22-19/h7-10,13,15,17H,4-6,11-12H2,1-3H3/t15-,17-/m1/s1. The number of ether oxygens (including phenoxy) is 2. The van der Waals surface area contributed by atoms with E-state index < -0.39 is 0 Å². The third kappa shape index (κ3) is 4.89. The van der Waals surface area contributed by atoms with E-state index in [-0.39, 0.29) is 24.1 Å². The first-order chi connectivity index (χ1) is 13.0. The van der Waals surface area contributed by atoms with E-state index in [1.165, 1.54) is 0 Å². The summed E-state index contributed by atoms with van der Waals surface area (Å²) in [5.41, 5.74) is 2.91. The van der Waals surface area contributed by atoms with Gasteiger partial charge in [-0.25, -0.2) is 0 Å². The smallest absolute Gasteiger partial charge is 0.309 e. The average molecular weight is 436 g/mol. The van der Waals surface area contributed by atoms with E-state index in [2.05, 4.69) is 26.2 Å². The summed E-state index contributed by atoms with van der Waals surface area (Å²) in [6, 6.07) is 7.91. The topological polar surface area (TPSA) is 66.2 Å². The summed E-state index contributed by atoms with van der Waals surface area (Å²) < 4.78 is 13.3. The molecule has 1 aromatic heterocycles. The van der Waals surface area contributed by atoms with Crippen molar-refractivity contribution in [2.24, 2.45) is 13.0 Å². The lowest BCUT2D eigenvalue weighted by molar-refractivity contribution is -0.154. The molecule has 0 saturated heterocycles. The van der Waals surface area contributed by atoms with Crippen molar-refractivity contribution in [3.05, 3.63) is 30.0 Å². The summed E-state index contributed by atoms with van der Waals surface area (Å²) in [7, 11) is 1.88. The molecular formula is C20H26BrN3O3. The third-order valence-corrected chi connectivity index (χ3v) is 5.34. The van der Waals surface area contributed by atoms with Gasteiger partial charge in [0.1, 0.15) is 11.4 Å². The molecule has 1 aliphatic carbocycles. The molecule has 0 unspecified atom stereocenters. The van der Waals surface area contributed by atoms with Crippen LogP contribution in [0, 0.1) is 5.92 Å². The van der Waals surface area contributed by atoms with Crippen molar-refractivity contribution >= 4 is 21.9 Å². The molecule has 1 heterocycles. The van der Waals surface area contributed by atoms with Crippen LogP contribution in [0.15, 0.2) is 24.3 Å². The molecular weight excluding hydrogens is 410 g/mol. The van der Waals surface area contributed by atoms with E-state index in [0.717, 1.165) is 42.0 Å². The first-order valence-corrected chi connectivity index (χ1v) is 10.5. The van der Waals surface area contributed by atoms with Crippen molar-refractivity contribution in [1.82, 2.24) is 15.0 Å². The van der Waals surface area contributed by atoms with E-state index in [1.54, 1.807) is 4.68 Å². The first kappa shape index (κ1) is 19.9. The molecule has 1 fully saturated rings. The Morgan fingerprint density at radius 2 is 2.04 bits per heavy atom. The number of carbonyl (C=O) groups excluding carboxylic acids is 1. The van der Waals surface area contributed by atoms with Gasteiger partial charge >= 0.3 is 5.97 Å². The molecule has 0 N–H and O–H groups in total. The second-order valence-corrected chi connectivity index (χ2v) is 7.82. The van der Waals surface area contributed by atoms with Crippen LogP contribution in [0.3, 0.4) is 0 Å². The summed E-state index contributed by atoms with van der Waals surface area (Å²) in [6.07, 6.45) is 3.51. The summed E-state index contributed by atoms with van der Waals surface area (Å²) in [6.45, 7) is 3.77. The van der Waals surface area contributed by atoms with E-state index in [0.29, 0.717) is 11.8 Å². The molecule has 2 atom stereocenters. The Morgan fingerprint density at radius 1 is 1.30 bits per heavy atom. The highest BCUT2D eigenvalue weighted by Gasteiger charge is 2.30. The van der Waals surface area contributed by atoms with Gasteiger partial charge in [0.15, 0.2) is 0 Å². The van der Waals surface area contributed by atoms with Crippen LogP contribution >= 0.6 is 15.9 Å². The maximum atomic E-state index is 12.2. The number of halogens is 1. The van der Waals surface area contributed by atoms with Crippen molar-refractivity contribution in [3.8, 4) is 17.0 Å². The molecule has 3 rings (SSSR count). The molecule has 6 nitrogen and oxygen atoms in total. The Kier molecular flexibility index (Phi) is 6.52. The number of alkyl halides is 1. The van der Waals surface area contributed by atoms with Crippen LogP contribution in [-0.4, -0.2) is 33.2 Å². The minimum atomic E-state index is -0.0985. The Morgan fingerprint density at radius 3 is 2.70 bits per heavy atom. The Labute approximate surface area is 168 Å². The van der Waals surface area contributed by atoms with Gasteiger partial charge in [0.25, 0.3) is 0 Å². The number of rotatable bonds is 6. The number of hydrogen-bond acceptors (Lipinski definition) is 5. The van der Waals surface area contributed by atoms with Crippen LogP contribution in [0.2, 0.25) is 0 Å². The zero-order valence-corrected chi connectivity index (χ0v) is 17.6. The second-order valence-electron chi connectivity index (χ2n) is 7.26. The molecule has 0 bridgehead atoms. The number of hydrogen-bond donors (Lipinski definition) is 0. The highest BCUT2D eigenvalue weighted by atomic mass is 79.9. The molecule has 7 heteroatoms. The van der Waals surface area contributed by atoms with E-state index >= 15 is 0 Å². The lowest BCUT2D eigenvalue weighted by atomic mass is 9.87. The number of aromatic nitrogens is 3. The number of benzene rings is 1. The van der Waals surface area contributed by atoms with Crippen molar-refractivity contribution < 1.29 is 14.3 Å². The molecule has 146 valence electrons.